The van der Waals surface area contributed by atoms with Crippen molar-refractivity contribution in [3.8, 4) is 5.82 Å². The average Bonchev–Trinajstić information content (AvgIpc) is 3.33. The number of carbonyl (C=O) groups excluding carboxylic acids is 1. The second kappa shape index (κ2) is 6.71. The maximum absolute atomic E-state index is 12.6. The lowest BCUT2D eigenvalue weighted by atomic mass is 10.1. The van der Waals surface area contributed by atoms with E-state index in [9.17, 15) is 4.79 Å². The molecule has 0 unspecified atom stereocenters. The van der Waals surface area contributed by atoms with Crippen LogP contribution in [-0.2, 0) is 4.74 Å². The van der Waals surface area contributed by atoms with Crippen LogP contribution in [0.15, 0.2) is 42.9 Å². The van der Waals surface area contributed by atoms with Crippen LogP contribution in [0.3, 0.4) is 0 Å². The largest absolute Gasteiger partial charge is 0.381 e. The van der Waals surface area contributed by atoms with Crippen molar-refractivity contribution in [2.75, 3.05) is 13.2 Å². The number of carbonyl (C=O) groups is 1. The predicted molar refractivity (Wildman–Crippen MR) is 103 cm³/mol. The van der Waals surface area contributed by atoms with Crippen LogP contribution in [0.2, 0.25) is 0 Å². The van der Waals surface area contributed by atoms with Crippen LogP contribution < -0.4 is 5.32 Å². The van der Waals surface area contributed by atoms with Gasteiger partial charge in [0.05, 0.1) is 5.52 Å². The van der Waals surface area contributed by atoms with Crippen LogP contribution >= 0.6 is 11.3 Å². The molecule has 136 valence electrons. The molecular formula is C19H17N5O2S. The quantitative estimate of drug-likeness (QED) is 0.592. The number of rotatable bonds is 3. The Kier molecular flexibility index (Phi) is 4.06. The fourth-order valence-corrected chi connectivity index (χ4v) is 4.18. The maximum atomic E-state index is 12.6. The topological polar surface area (TPSA) is 81.9 Å². The van der Waals surface area contributed by atoms with Crippen molar-refractivity contribution in [2.45, 2.75) is 18.9 Å². The van der Waals surface area contributed by atoms with Crippen molar-refractivity contribution in [2.24, 2.45) is 0 Å². The molecule has 7 nitrogen and oxygen atoms in total. The molecule has 1 fully saturated rings. The Morgan fingerprint density at radius 1 is 1.19 bits per heavy atom. The molecule has 1 aromatic carbocycles. The summed E-state index contributed by atoms with van der Waals surface area (Å²) < 4.78 is 7.33. The number of thiazole rings is 1. The Labute approximate surface area is 159 Å². The number of benzene rings is 1. The number of aromatic nitrogens is 4. The van der Waals surface area contributed by atoms with Gasteiger partial charge in [-0.2, -0.15) is 0 Å². The van der Waals surface area contributed by atoms with Gasteiger partial charge in [0.2, 0.25) is 0 Å². The maximum Gasteiger partial charge on any atom is 0.280 e. The molecule has 0 bridgehead atoms. The van der Waals surface area contributed by atoms with Crippen molar-refractivity contribution >= 4 is 38.5 Å². The van der Waals surface area contributed by atoms with Crippen LogP contribution in [0, 0.1) is 0 Å². The molecule has 0 saturated carbocycles. The molecule has 5 rings (SSSR count). The minimum absolute atomic E-state index is 0.136. The first-order valence-corrected chi connectivity index (χ1v) is 9.68. The Balaban J connectivity index is 1.52. The SMILES string of the molecule is O=C(NC1CCOCC1)c1nc2c(-n3ccc4ccccc43)ncnc2s1. The van der Waals surface area contributed by atoms with E-state index in [-0.39, 0.29) is 11.9 Å². The molecule has 0 atom stereocenters. The van der Waals surface area contributed by atoms with Crippen LogP contribution in [-0.4, -0.2) is 44.7 Å². The minimum Gasteiger partial charge on any atom is -0.381 e. The lowest BCUT2D eigenvalue weighted by Crippen LogP contribution is -2.38. The third-order valence-electron chi connectivity index (χ3n) is 4.75. The highest BCUT2D eigenvalue weighted by molar-refractivity contribution is 7.19. The average molecular weight is 379 g/mol. The number of nitrogens with zero attached hydrogens (tertiary/aromatic N) is 4. The number of nitrogens with one attached hydrogen (secondary N) is 1. The third kappa shape index (κ3) is 2.96. The standard InChI is InChI=1S/C19H17N5O2S/c25-17(22-13-6-9-26-10-7-13)19-23-15-16(20-11-21-18(15)27-19)24-8-5-12-3-1-2-4-14(12)24/h1-5,8,11,13H,6-7,9-10H2,(H,22,25). The van der Waals surface area contributed by atoms with E-state index in [0.717, 1.165) is 23.7 Å². The summed E-state index contributed by atoms with van der Waals surface area (Å²) >= 11 is 1.29. The Morgan fingerprint density at radius 2 is 2.04 bits per heavy atom. The molecule has 1 amide bonds. The van der Waals surface area contributed by atoms with Gasteiger partial charge in [-0.05, 0) is 30.4 Å². The zero-order valence-electron chi connectivity index (χ0n) is 14.5. The van der Waals surface area contributed by atoms with Gasteiger partial charge in [-0.25, -0.2) is 15.0 Å². The number of ether oxygens (including phenoxy) is 1. The molecule has 27 heavy (non-hydrogen) atoms. The highest BCUT2D eigenvalue weighted by atomic mass is 32.1. The van der Waals surface area contributed by atoms with E-state index in [1.165, 1.54) is 17.7 Å². The lowest BCUT2D eigenvalue weighted by Gasteiger charge is -2.22. The van der Waals surface area contributed by atoms with E-state index in [2.05, 4.69) is 26.3 Å². The van der Waals surface area contributed by atoms with Crippen molar-refractivity contribution in [3.05, 3.63) is 47.9 Å². The summed E-state index contributed by atoms with van der Waals surface area (Å²) in [6.07, 6.45) is 5.15. The van der Waals surface area contributed by atoms with Gasteiger partial charge in [0.25, 0.3) is 5.91 Å². The van der Waals surface area contributed by atoms with Crippen molar-refractivity contribution in [1.82, 2.24) is 24.8 Å². The zero-order chi connectivity index (χ0) is 18.2. The van der Waals surface area contributed by atoms with Crippen LogP contribution in [0.25, 0.3) is 27.1 Å². The molecule has 0 spiro atoms. The molecule has 3 aromatic heterocycles. The summed E-state index contributed by atoms with van der Waals surface area (Å²) in [6.45, 7) is 1.36. The van der Waals surface area contributed by atoms with Crippen molar-refractivity contribution in [1.29, 1.82) is 0 Å². The summed E-state index contributed by atoms with van der Waals surface area (Å²) in [6, 6.07) is 10.3. The normalized spacial score (nSPS) is 15.4. The minimum atomic E-state index is -0.159. The first kappa shape index (κ1) is 16.3. The second-order valence-corrected chi connectivity index (χ2v) is 7.45. The van der Waals surface area contributed by atoms with Gasteiger partial charge in [0.1, 0.15) is 16.7 Å². The zero-order valence-corrected chi connectivity index (χ0v) is 15.3. The molecular weight excluding hydrogens is 362 g/mol. The van der Waals surface area contributed by atoms with Gasteiger partial charge < -0.3 is 10.1 Å². The smallest absolute Gasteiger partial charge is 0.280 e. The fraction of sp³-hybridized carbons (Fsp3) is 0.263. The highest BCUT2D eigenvalue weighted by Gasteiger charge is 2.21. The molecule has 1 N–H and O–H groups in total. The van der Waals surface area contributed by atoms with Crippen LogP contribution in [0.4, 0.5) is 0 Å². The molecule has 4 heterocycles. The molecule has 1 aliphatic rings. The van der Waals surface area contributed by atoms with Gasteiger partial charge in [0.15, 0.2) is 10.8 Å². The lowest BCUT2D eigenvalue weighted by molar-refractivity contribution is 0.0696. The van der Waals surface area contributed by atoms with E-state index in [1.54, 1.807) is 0 Å². The van der Waals surface area contributed by atoms with E-state index >= 15 is 0 Å². The van der Waals surface area contributed by atoms with E-state index in [0.29, 0.717) is 34.4 Å². The van der Waals surface area contributed by atoms with Crippen LogP contribution in [0.5, 0.6) is 0 Å². The molecule has 8 heteroatoms. The Hall–Kier alpha value is -2.84. The first-order chi connectivity index (χ1) is 13.3. The number of amides is 1. The number of fused-ring (bicyclic) bond motifs is 2. The Morgan fingerprint density at radius 3 is 2.93 bits per heavy atom. The van der Waals surface area contributed by atoms with Gasteiger partial charge >= 0.3 is 0 Å². The first-order valence-electron chi connectivity index (χ1n) is 8.86. The van der Waals surface area contributed by atoms with E-state index in [4.69, 9.17) is 4.74 Å². The van der Waals surface area contributed by atoms with Gasteiger partial charge in [-0.3, -0.25) is 9.36 Å². The fourth-order valence-electron chi connectivity index (χ4n) is 3.37. The summed E-state index contributed by atoms with van der Waals surface area (Å²) in [7, 11) is 0. The number of hydrogen-bond acceptors (Lipinski definition) is 6. The number of para-hydroxylation sites is 1. The summed E-state index contributed by atoms with van der Waals surface area (Å²) in [4.78, 5) is 26.7. The monoisotopic (exact) mass is 379 g/mol. The molecule has 0 radical (unpaired) electrons. The van der Waals surface area contributed by atoms with Gasteiger partial charge in [-0.1, -0.05) is 29.5 Å². The predicted octanol–water partition coefficient (Wildman–Crippen LogP) is 2.94. The summed E-state index contributed by atoms with van der Waals surface area (Å²) in [5.74, 6) is 0.524. The van der Waals surface area contributed by atoms with E-state index in [1.807, 2.05) is 35.0 Å². The van der Waals surface area contributed by atoms with Gasteiger partial charge in [0, 0.05) is 25.5 Å². The summed E-state index contributed by atoms with van der Waals surface area (Å²) in [5, 5.41) is 4.59. The van der Waals surface area contributed by atoms with E-state index < -0.39 is 0 Å². The van der Waals surface area contributed by atoms with Crippen LogP contribution in [0.1, 0.15) is 22.6 Å². The molecule has 0 aliphatic carbocycles. The van der Waals surface area contributed by atoms with Crippen molar-refractivity contribution < 1.29 is 9.53 Å². The second-order valence-electron chi connectivity index (χ2n) is 6.47. The molecule has 4 aromatic rings. The highest BCUT2D eigenvalue weighted by Crippen LogP contribution is 2.27. The molecule has 1 saturated heterocycles. The third-order valence-corrected chi connectivity index (χ3v) is 5.72. The number of hydrogen-bond donors (Lipinski definition) is 1. The Bertz CT molecular complexity index is 1130. The van der Waals surface area contributed by atoms with Crippen molar-refractivity contribution in [3.63, 3.8) is 0 Å². The molecule has 1 aliphatic heterocycles. The summed E-state index contributed by atoms with van der Waals surface area (Å²) in [5.41, 5.74) is 1.68. The van der Waals surface area contributed by atoms with Gasteiger partial charge in [-0.15, -0.1) is 0 Å².